The summed E-state index contributed by atoms with van der Waals surface area (Å²) in [6, 6.07) is 5.68. The van der Waals surface area contributed by atoms with Crippen LogP contribution < -0.4 is 5.73 Å². The van der Waals surface area contributed by atoms with Gasteiger partial charge in [-0.2, -0.15) is 0 Å². The maximum absolute atomic E-state index is 12.4. The van der Waals surface area contributed by atoms with Crippen molar-refractivity contribution in [2.24, 2.45) is 5.92 Å². The summed E-state index contributed by atoms with van der Waals surface area (Å²) >= 11 is 0. The number of hydrogen-bond acceptors (Lipinski definition) is 2. The second kappa shape index (κ2) is 5.89. The number of carbonyl (C=O) groups excluding carboxylic acids is 1. The Morgan fingerprint density at radius 1 is 1.33 bits per heavy atom. The molecule has 0 saturated carbocycles. The summed E-state index contributed by atoms with van der Waals surface area (Å²) in [5, 5.41) is 0. The minimum absolute atomic E-state index is 0.0700. The van der Waals surface area contributed by atoms with Gasteiger partial charge in [0.2, 0.25) is 0 Å². The number of anilines is 1. The van der Waals surface area contributed by atoms with Crippen LogP contribution in [0.4, 0.5) is 5.69 Å². The number of benzene rings is 1. The summed E-state index contributed by atoms with van der Waals surface area (Å²) in [6.45, 7) is 8.35. The first kappa shape index (κ1) is 14.6. The molecule has 0 heterocycles. The molecule has 1 aromatic rings. The van der Waals surface area contributed by atoms with Crippen LogP contribution in [0.1, 0.15) is 43.1 Å². The molecule has 3 heteroatoms. The third-order valence-corrected chi connectivity index (χ3v) is 3.27. The number of carbonyl (C=O) groups is 1. The zero-order valence-electron chi connectivity index (χ0n) is 12.0. The van der Waals surface area contributed by atoms with E-state index in [4.69, 9.17) is 5.73 Å². The van der Waals surface area contributed by atoms with Gasteiger partial charge in [0.25, 0.3) is 5.91 Å². The average Bonchev–Trinajstić information content (AvgIpc) is 2.26. The Kier molecular flexibility index (Phi) is 4.76. The fraction of sp³-hybridized carbons (Fsp3) is 0.533. The first-order chi connectivity index (χ1) is 8.32. The van der Waals surface area contributed by atoms with Gasteiger partial charge in [0, 0.05) is 24.3 Å². The van der Waals surface area contributed by atoms with Crippen molar-refractivity contribution in [2.75, 3.05) is 12.8 Å². The molecule has 1 aromatic carbocycles. The lowest BCUT2D eigenvalue weighted by atomic mass is 10.0. The van der Waals surface area contributed by atoms with E-state index in [1.54, 1.807) is 6.07 Å². The van der Waals surface area contributed by atoms with Crippen molar-refractivity contribution >= 4 is 11.6 Å². The van der Waals surface area contributed by atoms with E-state index in [0.29, 0.717) is 11.6 Å². The lowest BCUT2D eigenvalue weighted by molar-refractivity contribution is 0.0727. The summed E-state index contributed by atoms with van der Waals surface area (Å²) in [6.07, 6.45) is 1.01. The minimum Gasteiger partial charge on any atom is -0.399 e. The number of amides is 1. The first-order valence-electron chi connectivity index (χ1n) is 6.46. The molecule has 100 valence electrons. The highest BCUT2D eigenvalue weighted by molar-refractivity contribution is 5.96. The maximum Gasteiger partial charge on any atom is 0.254 e. The Balaban J connectivity index is 2.86. The standard InChI is InChI=1S/C15H24N2O/c1-10(2)8-12(4)17(5)15(18)14-7-6-13(16)9-11(14)3/h6-7,9-10,12H,8,16H2,1-5H3. The first-order valence-corrected chi connectivity index (χ1v) is 6.46. The normalized spacial score (nSPS) is 12.6. The molecule has 1 rings (SSSR count). The molecule has 0 spiro atoms. The summed E-state index contributed by atoms with van der Waals surface area (Å²) in [5.41, 5.74) is 8.07. The Morgan fingerprint density at radius 2 is 1.94 bits per heavy atom. The van der Waals surface area contributed by atoms with Crippen LogP contribution in [-0.2, 0) is 0 Å². The highest BCUT2D eigenvalue weighted by Crippen LogP contribution is 2.17. The van der Waals surface area contributed by atoms with Gasteiger partial charge in [-0.15, -0.1) is 0 Å². The molecule has 1 unspecified atom stereocenters. The van der Waals surface area contributed by atoms with Gasteiger partial charge in [-0.3, -0.25) is 4.79 Å². The lowest BCUT2D eigenvalue weighted by Crippen LogP contribution is -2.36. The minimum atomic E-state index is 0.0700. The molecule has 0 saturated heterocycles. The van der Waals surface area contributed by atoms with Gasteiger partial charge < -0.3 is 10.6 Å². The Labute approximate surface area is 110 Å². The molecule has 18 heavy (non-hydrogen) atoms. The number of nitrogens with zero attached hydrogens (tertiary/aromatic N) is 1. The van der Waals surface area contributed by atoms with E-state index in [1.165, 1.54) is 0 Å². The van der Waals surface area contributed by atoms with Crippen LogP contribution in [-0.4, -0.2) is 23.9 Å². The second-order valence-electron chi connectivity index (χ2n) is 5.47. The molecule has 0 aliphatic carbocycles. The van der Waals surface area contributed by atoms with E-state index in [2.05, 4.69) is 20.8 Å². The molecular weight excluding hydrogens is 224 g/mol. The zero-order chi connectivity index (χ0) is 13.9. The van der Waals surface area contributed by atoms with E-state index >= 15 is 0 Å². The number of aryl methyl sites for hydroxylation is 1. The molecule has 0 aliphatic rings. The predicted molar refractivity (Wildman–Crippen MR) is 76.6 cm³/mol. The van der Waals surface area contributed by atoms with E-state index in [-0.39, 0.29) is 11.9 Å². The SMILES string of the molecule is Cc1cc(N)ccc1C(=O)N(C)C(C)CC(C)C. The van der Waals surface area contributed by atoms with Crippen molar-refractivity contribution in [1.82, 2.24) is 4.90 Å². The number of rotatable bonds is 4. The lowest BCUT2D eigenvalue weighted by Gasteiger charge is -2.27. The number of hydrogen-bond donors (Lipinski definition) is 1. The van der Waals surface area contributed by atoms with Gasteiger partial charge in [0.1, 0.15) is 0 Å². The topological polar surface area (TPSA) is 46.3 Å². The third kappa shape index (κ3) is 3.49. The van der Waals surface area contributed by atoms with E-state index in [1.807, 2.05) is 31.0 Å². The van der Waals surface area contributed by atoms with Crippen LogP contribution in [0.25, 0.3) is 0 Å². The van der Waals surface area contributed by atoms with Crippen molar-refractivity contribution in [3.05, 3.63) is 29.3 Å². The van der Waals surface area contributed by atoms with E-state index in [0.717, 1.165) is 17.5 Å². The molecular formula is C15H24N2O. The predicted octanol–water partition coefficient (Wildman–Crippen LogP) is 3.08. The monoisotopic (exact) mass is 248 g/mol. The number of nitrogen functional groups attached to an aromatic ring is 1. The highest BCUT2D eigenvalue weighted by Gasteiger charge is 2.19. The van der Waals surface area contributed by atoms with Crippen molar-refractivity contribution in [1.29, 1.82) is 0 Å². The summed E-state index contributed by atoms with van der Waals surface area (Å²) in [5.74, 6) is 0.656. The van der Waals surface area contributed by atoms with Crippen LogP contribution in [0.5, 0.6) is 0 Å². The second-order valence-corrected chi connectivity index (χ2v) is 5.47. The quantitative estimate of drug-likeness (QED) is 0.832. The molecule has 0 aliphatic heterocycles. The summed E-state index contributed by atoms with van der Waals surface area (Å²) in [7, 11) is 1.87. The summed E-state index contributed by atoms with van der Waals surface area (Å²) < 4.78 is 0. The molecule has 3 nitrogen and oxygen atoms in total. The van der Waals surface area contributed by atoms with Crippen molar-refractivity contribution in [3.8, 4) is 0 Å². The van der Waals surface area contributed by atoms with E-state index in [9.17, 15) is 4.79 Å². The maximum atomic E-state index is 12.4. The molecule has 0 aromatic heterocycles. The smallest absolute Gasteiger partial charge is 0.254 e. The third-order valence-electron chi connectivity index (χ3n) is 3.27. The van der Waals surface area contributed by atoms with Crippen LogP contribution in [0.15, 0.2) is 18.2 Å². The highest BCUT2D eigenvalue weighted by atomic mass is 16.2. The fourth-order valence-electron chi connectivity index (χ4n) is 2.16. The van der Waals surface area contributed by atoms with Crippen molar-refractivity contribution in [3.63, 3.8) is 0 Å². The Morgan fingerprint density at radius 3 is 2.44 bits per heavy atom. The largest absolute Gasteiger partial charge is 0.399 e. The molecule has 0 radical (unpaired) electrons. The van der Waals surface area contributed by atoms with Crippen molar-refractivity contribution in [2.45, 2.75) is 40.2 Å². The van der Waals surface area contributed by atoms with Crippen LogP contribution in [0, 0.1) is 12.8 Å². The van der Waals surface area contributed by atoms with E-state index < -0.39 is 0 Å². The van der Waals surface area contributed by atoms with Crippen LogP contribution in [0.3, 0.4) is 0 Å². The summed E-state index contributed by atoms with van der Waals surface area (Å²) in [4.78, 5) is 14.2. The molecule has 0 bridgehead atoms. The Hall–Kier alpha value is -1.51. The molecule has 2 N–H and O–H groups in total. The van der Waals surface area contributed by atoms with Gasteiger partial charge in [0.05, 0.1) is 0 Å². The fourth-order valence-corrected chi connectivity index (χ4v) is 2.16. The molecule has 1 amide bonds. The zero-order valence-corrected chi connectivity index (χ0v) is 12.0. The molecule has 1 atom stereocenters. The van der Waals surface area contributed by atoms with Crippen molar-refractivity contribution < 1.29 is 4.79 Å². The number of nitrogens with two attached hydrogens (primary N) is 1. The van der Waals surface area contributed by atoms with Crippen LogP contribution >= 0.6 is 0 Å². The van der Waals surface area contributed by atoms with Gasteiger partial charge >= 0.3 is 0 Å². The molecule has 0 fully saturated rings. The van der Waals surface area contributed by atoms with Gasteiger partial charge in [-0.05, 0) is 49.9 Å². The van der Waals surface area contributed by atoms with Gasteiger partial charge in [-0.1, -0.05) is 13.8 Å². The van der Waals surface area contributed by atoms with Gasteiger partial charge in [-0.25, -0.2) is 0 Å². The van der Waals surface area contributed by atoms with Crippen LogP contribution in [0.2, 0.25) is 0 Å². The average molecular weight is 248 g/mol. The van der Waals surface area contributed by atoms with Gasteiger partial charge in [0.15, 0.2) is 0 Å². The Bertz CT molecular complexity index is 427.